The zero-order chi connectivity index (χ0) is 11.5. The molecule has 1 amide bonds. The summed E-state index contributed by atoms with van der Waals surface area (Å²) in [5, 5.41) is 2.96. The Morgan fingerprint density at radius 3 is 2.33 bits per heavy atom. The molecule has 4 heteroatoms. The molecule has 0 aromatic rings. The van der Waals surface area contributed by atoms with Gasteiger partial charge in [-0.05, 0) is 33.6 Å². The van der Waals surface area contributed by atoms with Crippen LogP contribution in [0.3, 0.4) is 0 Å². The summed E-state index contributed by atoms with van der Waals surface area (Å²) >= 11 is 4.32. The van der Waals surface area contributed by atoms with Crippen LogP contribution in [0.25, 0.3) is 0 Å². The maximum atomic E-state index is 11.6. The van der Waals surface area contributed by atoms with Crippen LogP contribution in [-0.4, -0.2) is 23.0 Å². The Kier molecular flexibility index (Phi) is 3.93. The van der Waals surface area contributed by atoms with E-state index < -0.39 is 5.60 Å². The lowest BCUT2D eigenvalue weighted by Gasteiger charge is -2.30. The molecular formula is C11H21NO2S. The second-order valence-electron chi connectivity index (χ2n) is 5.27. The number of rotatable bonds is 2. The molecule has 1 fully saturated rings. The monoisotopic (exact) mass is 231 g/mol. The quantitative estimate of drug-likeness (QED) is 0.717. The predicted molar refractivity (Wildman–Crippen MR) is 64.4 cm³/mol. The summed E-state index contributed by atoms with van der Waals surface area (Å²) in [4.78, 5) is 11.6. The first kappa shape index (κ1) is 12.7. The first-order valence-electron chi connectivity index (χ1n) is 5.49. The molecule has 88 valence electrons. The van der Waals surface area contributed by atoms with E-state index in [0.717, 1.165) is 25.7 Å². The Balaban J connectivity index is 2.49. The Labute approximate surface area is 97.4 Å². The highest BCUT2D eigenvalue weighted by molar-refractivity contribution is 7.80. The lowest BCUT2D eigenvalue weighted by Crippen LogP contribution is -2.49. The van der Waals surface area contributed by atoms with Gasteiger partial charge < -0.3 is 10.1 Å². The van der Waals surface area contributed by atoms with E-state index in [1.165, 1.54) is 0 Å². The largest absolute Gasteiger partial charge is 0.444 e. The first-order valence-corrected chi connectivity index (χ1v) is 6.12. The highest BCUT2D eigenvalue weighted by atomic mass is 32.1. The van der Waals surface area contributed by atoms with Crippen LogP contribution in [0, 0.1) is 0 Å². The van der Waals surface area contributed by atoms with Crippen molar-refractivity contribution in [3.63, 3.8) is 0 Å². The molecule has 1 N–H and O–H groups in total. The van der Waals surface area contributed by atoms with Gasteiger partial charge in [0.1, 0.15) is 5.60 Å². The van der Waals surface area contributed by atoms with Gasteiger partial charge in [0.25, 0.3) is 0 Å². The minimum Gasteiger partial charge on any atom is -0.444 e. The topological polar surface area (TPSA) is 38.3 Å². The number of ether oxygens (including phenoxy) is 1. The third-order valence-corrected chi connectivity index (χ3v) is 3.23. The van der Waals surface area contributed by atoms with Crippen molar-refractivity contribution >= 4 is 18.7 Å². The standard InChI is InChI=1S/C11H21NO2S/c1-10(2,3)14-9(13)12-11(8-15)6-4-5-7-11/h15H,4-8H2,1-3H3,(H,12,13). The van der Waals surface area contributed by atoms with E-state index in [0.29, 0.717) is 5.75 Å². The Bertz CT molecular complexity index is 229. The minimum absolute atomic E-state index is 0.133. The Morgan fingerprint density at radius 2 is 1.93 bits per heavy atom. The van der Waals surface area contributed by atoms with E-state index in [1.807, 2.05) is 20.8 Å². The molecule has 1 aliphatic carbocycles. The maximum absolute atomic E-state index is 11.6. The van der Waals surface area contributed by atoms with Gasteiger partial charge in [-0.2, -0.15) is 12.6 Å². The number of alkyl carbamates (subject to hydrolysis) is 1. The number of nitrogens with one attached hydrogen (secondary N) is 1. The highest BCUT2D eigenvalue weighted by Gasteiger charge is 2.35. The van der Waals surface area contributed by atoms with E-state index >= 15 is 0 Å². The molecule has 3 nitrogen and oxygen atoms in total. The van der Waals surface area contributed by atoms with Crippen molar-refractivity contribution in [1.82, 2.24) is 5.32 Å². The average Bonchev–Trinajstić information content (AvgIpc) is 2.50. The van der Waals surface area contributed by atoms with Gasteiger partial charge in [-0.15, -0.1) is 0 Å². The van der Waals surface area contributed by atoms with Crippen LogP contribution in [0.15, 0.2) is 0 Å². The zero-order valence-electron chi connectivity index (χ0n) is 9.80. The molecule has 1 saturated carbocycles. The molecule has 0 bridgehead atoms. The van der Waals surface area contributed by atoms with Crippen LogP contribution in [-0.2, 0) is 4.74 Å². The normalized spacial score (nSPS) is 20.0. The summed E-state index contributed by atoms with van der Waals surface area (Å²) in [6, 6.07) is 0. The van der Waals surface area contributed by atoms with Gasteiger partial charge >= 0.3 is 6.09 Å². The smallest absolute Gasteiger partial charge is 0.408 e. The van der Waals surface area contributed by atoms with Crippen molar-refractivity contribution in [2.75, 3.05) is 5.75 Å². The summed E-state index contributed by atoms with van der Waals surface area (Å²) in [6.45, 7) is 5.61. The van der Waals surface area contributed by atoms with E-state index in [1.54, 1.807) is 0 Å². The van der Waals surface area contributed by atoms with Crippen LogP contribution in [0.2, 0.25) is 0 Å². The number of thiol groups is 1. The fourth-order valence-electron chi connectivity index (χ4n) is 1.89. The van der Waals surface area contributed by atoms with E-state index in [9.17, 15) is 4.79 Å². The van der Waals surface area contributed by atoms with Crippen LogP contribution in [0.1, 0.15) is 46.5 Å². The van der Waals surface area contributed by atoms with Gasteiger partial charge in [-0.25, -0.2) is 4.79 Å². The predicted octanol–water partition coefficient (Wildman–Crippen LogP) is 2.75. The van der Waals surface area contributed by atoms with Crippen molar-refractivity contribution < 1.29 is 9.53 Å². The molecule has 1 aliphatic rings. The molecule has 0 aromatic heterocycles. The molecule has 15 heavy (non-hydrogen) atoms. The van der Waals surface area contributed by atoms with Crippen LogP contribution >= 0.6 is 12.6 Å². The minimum atomic E-state index is -0.430. The molecule has 0 heterocycles. The summed E-state index contributed by atoms with van der Waals surface area (Å²) in [5.74, 6) is 0.687. The van der Waals surface area contributed by atoms with Gasteiger partial charge in [0, 0.05) is 5.75 Å². The Hall–Kier alpha value is -0.380. The lowest BCUT2D eigenvalue weighted by molar-refractivity contribution is 0.0469. The van der Waals surface area contributed by atoms with Crippen LogP contribution in [0.5, 0.6) is 0 Å². The SMILES string of the molecule is CC(C)(C)OC(=O)NC1(CS)CCCC1. The van der Waals surface area contributed by atoms with Crippen molar-refractivity contribution in [1.29, 1.82) is 0 Å². The van der Waals surface area contributed by atoms with Crippen molar-refractivity contribution in [3.05, 3.63) is 0 Å². The fourth-order valence-corrected chi connectivity index (χ4v) is 2.29. The van der Waals surface area contributed by atoms with E-state index in [-0.39, 0.29) is 11.6 Å². The number of hydrogen-bond donors (Lipinski definition) is 2. The Morgan fingerprint density at radius 1 is 1.40 bits per heavy atom. The van der Waals surface area contributed by atoms with Crippen LogP contribution in [0.4, 0.5) is 4.79 Å². The second-order valence-corrected chi connectivity index (χ2v) is 5.59. The fraction of sp³-hybridized carbons (Fsp3) is 0.909. The molecule has 1 rings (SSSR count). The summed E-state index contributed by atoms with van der Waals surface area (Å²) in [7, 11) is 0. The van der Waals surface area contributed by atoms with Crippen molar-refractivity contribution in [3.8, 4) is 0 Å². The number of hydrogen-bond acceptors (Lipinski definition) is 3. The molecular weight excluding hydrogens is 210 g/mol. The van der Waals surface area contributed by atoms with E-state index in [4.69, 9.17) is 4.74 Å². The van der Waals surface area contributed by atoms with Crippen LogP contribution < -0.4 is 5.32 Å². The molecule has 0 radical (unpaired) electrons. The third-order valence-electron chi connectivity index (χ3n) is 2.63. The van der Waals surface area contributed by atoms with Gasteiger partial charge in [-0.1, -0.05) is 12.8 Å². The van der Waals surface area contributed by atoms with E-state index in [2.05, 4.69) is 17.9 Å². The summed E-state index contributed by atoms with van der Waals surface area (Å²) < 4.78 is 5.24. The molecule has 0 unspecified atom stereocenters. The third kappa shape index (κ3) is 3.93. The van der Waals surface area contributed by atoms with Gasteiger partial charge in [0.2, 0.25) is 0 Å². The van der Waals surface area contributed by atoms with Gasteiger partial charge in [0.15, 0.2) is 0 Å². The van der Waals surface area contributed by atoms with Gasteiger partial charge in [0.05, 0.1) is 5.54 Å². The van der Waals surface area contributed by atoms with Crippen molar-refractivity contribution in [2.45, 2.75) is 57.6 Å². The highest BCUT2D eigenvalue weighted by Crippen LogP contribution is 2.30. The number of carbonyl (C=O) groups excluding carboxylic acids is 1. The molecule has 0 spiro atoms. The molecule has 0 aliphatic heterocycles. The number of amides is 1. The van der Waals surface area contributed by atoms with Crippen molar-refractivity contribution in [2.24, 2.45) is 0 Å². The summed E-state index contributed by atoms with van der Waals surface area (Å²) in [6.07, 6.45) is 4.02. The lowest BCUT2D eigenvalue weighted by atomic mass is 10.0. The molecule has 0 atom stereocenters. The molecule has 0 aromatic carbocycles. The summed E-state index contributed by atoms with van der Waals surface area (Å²) in [5.41, 5.74) is -0.564. The first-order chi connectivity index (χ1) is 6.87. The average molecular weight is 231 g/mol. The maximum Gasteiger partial charge on any atom is 0.408 e. The second kappa shape index (κ2) is 4.64. The molecule has 0 saturated heterocycles. The van der Waals surface area contributed by atoms with Gasteiger partial charge in [-0.3, -0.25) is 0 Å². The number of carbonyl (C=O) groups is 1. The zero-order valence-corrected chi connectivity index (χ0v) is 10.7.